The van der Waals surface area contributed by atoms with Crippen molar-refractivity contribution in [3.8, 4) is 17.0 Å². The van der Waals surface area contributed by atoms with Crippen LogP contribution in [-0.4, -0.2) is 17.9 Å². The van der Waals surface area contributed by atoms with Crippen molar-refractivity contribution in [2.75, 3.05) is 12.8 Å². The summed E-state index contributed by atoms with van der Waals surface area (Å²) in [5, 5.41) is 0.674. The molecule has 0 fully saturated rings. The van der Waals surface area contributed by atoms with E-state index >= 15 is 0 Å². The number of hydrogen-bond donors (Lipinski definition) is 1. The molecule has 0 amide bonds. The number of hydrogen-bond acceptors (Lipinski definition) is 5. The Labute approximate surface area is 180 Å². The molecule has 0 spiro atoms. The second-order valence-electron chi connectivity index (χ2n) is 6.92. The normalized spacial score (nSPS) is 11.6. The summed E-state index contributed by atoms with van der Waals surface area (Å²) in [4.78, 5) is 18.4. The number of nitrogens with zero attached hydrogens (tertiary/aromatic N) is 1. The van der Waals surface area contributed by atoms with Gasteiger partial charge in [-0.05, 0) is 42.0 Å². The summed E-state index contributed by atoms with van der Waals surface area (Å²) >= 11 is 1.18. The summed E-state index contributed by atoms with van der Waals surface area (Å²) in [7, 11) is 1.59. The van der Waals surface area contributed by atoms with Crippen LogP contribution in [0.5, 0.6) is 5.75 Å². The fourth-order valence-corrected chi connectivity index (χ4v) is 4.26. The topological polar surface area (TPSA) is 65.2 Å². The van der Waals surface area contributed by atoms with Crippen molar-refractivity contribution >= 4 is 33.0 Å². The number of benzene rings is 2. The van der Waals surface area contributed by atoms with Crippen LogP contribution >= 0.6 is 11.3 Å². The monoisotopic (exact) mass is 442 g/mol. The van der Waals surface area contributed by atoms with E-state index in [4.69, 9.17) is 10.5 Å². The SMILES string of the molecule is COc1cccc(-c2ccc3c(N)c(C(=O)Cc4ccc(C(F)(F)F)cc4)sc3n2)c1. The number of methoxy groups -OCH3 is 1. The number of Topliss-reactive ketones (excluding diaryl/α,β-unsaturated/α-hetero) is 1. The Balaban J connectivity index is 1.62. The van der Waals surface area contributed by atoms with Crippen LogP contribution in [0.25, 0.3) is 21.5 Å². The lowest BCUT2D eigenvalue weighted by atomic mass is 10.0. The third-order valence-electron chi connectivity index (χ3n) is 4.86. The average molecular weight is 442 g/mol. The summed E-state index contributed by atoms with van der Waals surface area (Å²) < 4.78 is 43.4. The fourth-order valence-electron chi connectivity index (χ4n) is 3.22. The molecule has 4 rings (SSSR count). The van der Waals surface area contributed by atoms with Crippen LogP contribution < -0.4 is 10.5 Å². The Morgan fingerprint density at radius 2 is 1.84 bits per heavy atom. The molecule has 0 bridgehead atoms. The van der Waals surface area contributed by atoms with E-state index in [1.165, 1.54) is 23.5 Å². The van der Waals surface area contributed by atoms with Crippen molar-refractivity contribution in [1.29, 1.82) is 0 Å². The van der Waals surface area contributed by atoms with E-state index in [1.54, 1.807) is 7.11 Å². The first kappa shape index (κ1) is 20.9. The first-order valence-corrected chi connectivity index (χ1v) is 10.1. The molecule has 0 unspecified atom stereocenters. The predicted molar refractivity (Wildman–Crippen MR) is 115 cm³/mol. The number of nitrogens with two attached hydrogens (primary N) is 1. The fraction of sp³-hybridized carbons (Fsp3) is 0.130. The van der Waals surface area contributed by atoms with Crippen molar-refractivity contribution in [3.63, 3.8) is 0 Å². The lowest BCUT2D eigenvalue weighted by molar-refractivity contribution is -0.137. The second kappa shape index (κ2) is 8.03. The van der Waals surface area contributed by atoms with Crippen LogP contribution in [0.4, 0.5) is 18.9 Å². The van der Waals surface area contributed by atoms with Gasteiger partial charge in [-0.2, -0.15) is 13.2 Å². The number of thiophene rings is 1. The molecule has 4 aromatic rings. The zero-order valence-corrected chi connectivity index (χ0v) is 17.2. The molecule has 158 valence electrons. The van der Waals surface area contributed by atoms with Gasteiger partial charge in [-0.25, -0.2) is 4.98 Å². The van der Waals surface area contributed by atoms with Crippen LogP contribution in [0, 0.1) is 0 Å². The number of anilines is 1. The van der Waals surface area contributed by atoms with Gasteiger partial charge < -0.3 is 10.5 Å². The van der Waals surface area contributed by atoms with Gasteiger partial charge in [0, 0.05) is 17.4 Å². The lowest BCUT2D eigenvalue weighted by Crippen LogP contribution is -2.07. The smallest absolute Gasteiger partial charge is 0.416 e. The number of ether oxygens (including phenoxy) is 1. The molecular weight excluding hydrogens is 425 g/mol. The summed E-state index contributed by atoms with van der Waals surface area (Å²) in [6.07, 6.45) is -4.46. The molecule has 0 radical (unpaired) electrons. The number of ketones is 1. The minimum absolute atomic E-state index is 0.0437. The Morgan fingerprint density at radius 3 is 2.52 bits per heavy atom. The number of carbonyl (C=O) groups excluding carboxylic acids is 1. The van der Waals surface area contributed by atoms with Gasteiger partial charge in [0.2, 0.25) is 0 Å². The van der Waals surface area contributed by atoms with E-state index in [0.717, 1.165) is 23.4 Å². The van der Waals surface area contributed by atoms with Gasteiger partial charge in [-0.1, -0.05) is 24.3 Å². The predicted octanol–water partition coefficient (Wildman–Crippen LogP) is 6.00. The highest BCUT2D eigenvalue weighted by atomic mass is 32.1. The Hall–Kier alpha value is -3.39. The minimum atomic E-state index is -4.41. The molecule has 0 saturated carbocycles. The summed E-state index contributed by atoms with van der Waals surface area (Å²) in [5.74, 6) is 0.445. The van der Waals surface area contributed by atoms with E-state index in [0.29, 0.717) is 32.1 Å². The molecule has 0 aliphatic rings. The highest BCUT2D eigenvalue weighted by Crippen LogP contribution is 2.35. The Kier molecular flexibility index (Phi) is 5.41. The number of fused-ring (bicyclic) bond motifs is 1. The molecule has 2 aromatic heterocycles. The number of carbonyl (C=O) groups is 1. The number of nitrogen functional groups attached to an aromatic ring is 1. The largest absolute Gasteiger partial charge is 0.497 e. The van der Waals surface area contributed by atoms with Crippen LogP contribution in [-0.2, 0) is 12.6 Å². The van der Waals surface area contributed by atoms with Gasteiger partial charge in [0.15, 0.2) is 5.78 Å². The molecule has 0 aliphatic heterocycles. The van der Waals surface area contributed by atoms with Crippen molar-refractivity contribution in [2.24, 2.45) is 0 Å². The molecule has 0 saturated heterocycles. The second-order valence-corrected chi connectivity index (χ2v) is 7.92. The van der Waals surface area contributed by atoms with Gasteiger partial charge in [0.05, 0.1) is 28.9 Å². The maximum Gasteiger partial charge on any atom is 0.416 e. The molecule has 2 aromatic carbocycles. The first-order chi connectivity index (χ1) is 14.8. The van der Waals surface area contributed by atoms with E-state index in [1.807, 2.05) is 36.4 Å². The van der Waals surface area contributed by atoms with Gasteiger partial charge in [0.25, 0.3) is 0 Å². The number of pyridine rings is 1. The summed E-state index contributed by atoms with van der Waals surface area (Å²) in [6.45, 7) is 0. The van der Waals surface area contributed by atoms with Crippen LogP contribution in [0.1, 0.15) is 20.8 Å². The Bertz CT molecular complexity index is 1260. The van der Waals surface area contributed by atoms with E-state index in [2.05, 4.69) is 4.98 Å². The zero-order valence-electron chi connectivity index (χ0n) is 16.4. The molecule has 8 heteroatoms. The third-order valence-corrected chi connectivity index (χ3v) is 6.01. The number of aromatic nitrogens is 1. The quantitative estimate of drug-likeness (QED) is 0.385. The first-order valence-electron chi connectivity index (χ1n) is 9.29. The molecular formula is C23H17F3N2O2S. The zero-order chi connectivity index (χ0) is 22.2. The molecule has 0 aliphatic carbocycles. The summed E-state index contributed by atoms with van der Waals surface area (Å²) in [6, 6.07) is 15.7. The molecule has 4 nitrogen and oxygen atoms in total. The highest BCUT2D eigenvalue weighted by Gasteiger charge is 2.30. The minimum Gasteiger partial charge on any atom is -0.497 e. The van der Waals surface area contributed by atoms with E-state index in [9.17, 15) is 18.0 Å². The van der Waals surface area contributed by atoms with Gasteiger partial charge in [0.1, 0.15) is 10.6 Å². The third kappa shape index (κ3) is 4.25. The maximum atomic E-state index is 12.8. The lowest BCUT2D eigenvalue weighted by Gasteiger charge is -2.07. The Morgan fingerprint density at radius 1 is 1.10 bits per heavy atom. The number of rotatable bonds is 5. The van der Waals surface area contributed by atoms with Crippen LogP contribution in [0.3, 0.4) is 0 Å². The van der Waals surface area contributed by atoms with Gasteiger partial charge in [-0.3, -0.25) is 4.79 Å². The standard InChI is InChI=1S/C23H17F3N2O2S/c1-30-16-4-2-3-14(12-16)18-10-9-17-20(27)21(31-22(17)28-18)19(29)11-13-5-7-15(8-6-13)23(24,25)26/h2-10,12H,11,27H2,1H3. The van der Waals surface area contributed by atoms with Gasteiger partial charge in [-0.15, -0.1) is 11.3 Å². The van der Waals surface area contributed by atoms with Crippen molar-refractivity contribution in [3.05, 3.63) is 76.7 Å². The van der Waals surface area contributed by atoms with Crippen LogP contribution in [0.15, 0.2) is 60.7 Å². The van der Waals surface area contributed by atoms with Gasteiger partial charge >= 0.3 is 6.18 Å². The highest BCUT2D eigenvalue weighted by molar-refractivity contribution is 7.21. The van der Waals surface area contributed by atoms with Crippen molar-refractivity contribution in [2.45, 2.75) is 12.6 Å². The number of alkyl halides is 3. The molecule has 2 N–H and O–H groups in total. The maximum absolute atomic E-state index is 12.8. The average Bonchev–Trinajstić information content (AvgIpc) is 3.09. The molecule has 2 heterocycles. The van der Waals surface area contributed by atoms with E-state index in [-0.39, 0.29) is 12.2 Å². The molecule has 0 atom stereocenters. The number of halogens is 3. The summed E-state index contributed by atoms with van der Waals surface area (Å²) in [5.41, 5.74) is 7.84. The van der Waals surface area contributed by atoms with E-state index < -0.39 is 11.7 Å². The van der Waals surface area contributed by atoms with Crippen molar-refractivity contribution in [1.82, 2.24) is 4.98 Å². The molecule has 31 heavy (non-hydrogen) atoms. The van der Waals surface area contributed by atoms with Crippen LogP contribution in [0.2, 0.25) is 0 Å². The van der Waals surface area contributed by atoms with Crippen molar-refractivity contribution < 1.29 is 22.7 Å².